The Morgan fingerprint density at radius 3 is 3.27 bits per heavy atom. The third kappa shape index (κ3) is 1.09. The largest absolute Gasteiger partial charge is 0.474 e. The quantitative estimate of drug-likeness (QED) is 0.590. The van der Waals surface area contributed by atoms with E-state index in [1.807, 2.05) is 0 Å². The van der Waals surface area contributed by atoms with Gasteiger partial charge in [0.15, 0.2) is 5.15 Å². The van der Waals surface area contributed by atoms with Gasteiger partial charge in [-0.3, -0.25) is 0 Å². The van der Waals surface area contributed by atoms with E-state index in [4.69, 9.17) is 16.3 Å². The number of nitrogens with zero attached hydrogens (tertiary/aromatic N) is 2. The Hall–Kier alpha value is -1.03. The number of anilines is 1. The molecule has 1 aliphatic heterocycles. The first-order valence-electron chi connectivity index (χ1n) is 3.25. The first kappa shape index (κ1) is 6.67. The number of aromatic nitrogens is 2. The molecule has 1 aromatic heterocycles. The van der Waals surface area contributed by atoms with Crippen molar-refractivity contribution in [2.24, 2.45) is 0 Å². The molecule has 0 spiro atoms. The van der Waals surface area contributed by atoms with Gasteiger partial charge in [-0.25, -0.2) is 4.98 Å². The van der Waals surface area contributed by atoms with E-state index in [2.05, 4.69) is 15.3 Å². The lowest BCUT2D eigenvalue weighted by Gasteiger charge is -2.17. The predicted octanol–water partition coefficient (Wildman–Crippen LogP) is 0.934. The second-order valence-electron chi connectivity index (χ2n) is 2.12. The van der Waals surface area contributed by atoms with E-state index in [0.29, 0.717) is 23.3 Å². The summed E-state index contributed by atoms with van der Waals surface area (Å²) in [6.45, 7) is 1.38. The Labute approximate surface area is 68.6 Å². The molecule has 0 fully saturated rings. The van der Waals surface area contributed by atoms with Crippen molar-refractivity contribution in [1.29, 1.82) is 0 Å². The van der Waals surface area contributed by atoms with Crippen LogP contribution in [0.3, 0.4) is 0 Å². The third-order valence-electron chi connectivity index (χ3n) is 1.41. The molecule has 5 heteroatoms. The fourth-order valence-electron chi connectivity index (χ4n) is 0.931. The molecule has 58 valence electrons. The summed E-state index contributed by atoms with van der Waals surface area (Å²) in [5.41, 5.74) is 0.695. The topological polar surface area (TPSA) is 47.0 Å². The fraction of sp³-hybridized carbons (Fsp3) is 0.333. The van der Waals surface area contributed by atoms with E-state index in [-0.39, 0.29) is 0 Å². The first-order chi connectivity index (χ1) is 5.38. The molecule has 2 rings (SSSR count). The van der Waals surface area contributed by atoms with E-state index in [0.717, 1.165) is 6.54 Å². The fourth-order valence-corrected chi connectivity index (χ4v) is 1.12. The molecule has 11 heavy (non-hydrogen) atoms. The van der Waals surface area contributed by atoms with Crippen molar-refractivity contribution < 1.29 is 4.74 Å². The van der Waals surface area contributed by atoms with Gasteiger partial charge in [-0.2, -0.15) is 4.98 Å². The average Bonchev–Trinajstić information content (AvgIpc) is 2.06. The molecule has 1 aliphatic rings. The highest BCUT2D eigenvalue weighted by molar-refractivity contribution is 6.32. The van der Waals surface area contributed by atoms with E-state index >= 15 is 0 Å². The van der Waals surface area contributed by atoms with Gasteiger partial charge in [-0.1, -0.05) is 11.6 Å². The average molecular weight is 172 g/mol. The Kier molecular flexibility index (Phi) is 1.54. The molecule has 2 heterocycles. The number of rotatable bonds is 0. The van der Waals surface area contributed by atoms with Crippen LogP contribution in [0.4, 0.5) is 5.69 Å². The lowest BCUT2D eigenvalue weighted by molar-refractivity contribution is 0.309. The number of ether oxygens (including phenoxy) is 1. The second kappa shape index (κ2) is 2.54. The Morgan fingerprint density at radius 1 is 1.55 bits per heavy atom. The summed E-state index contributed by atoms with van der Waals surface area (Å²) in [7, 11) is 0. The van der Waals surface area contributed by atoms with Gasteiger partial charge < -0.3 is 10.1 Å². The van der Waals surface area contributed by atoms with E-state index in [1.165, 1.54) is 6.33 Å². The highest BCUT2D eigenvalue weighted by Crippen LogP contribution is 2.29. The minimum Gasteiger partial charge on any atom is -0.474 e. The van der Waals surface area contributed by atoms with Crippen molar-refractivity contribution in [2.75, 3.05) is 18.5 Å². The zero-order valence-corrected chi connectivity index (χ0v) is 6.43. The normalized spacial score (nSPS) is 14.6. The molecule has 1 aromatic rings. The molecule has 0 atom stereocenters. The summed E-state index contributed by atoms with van der Waals surface area (Å²) < 4.78 is 5.21. The molecular weight excluding hydrogens is 166 g/mol. The minimum atomic E-state index is 0.412. The molecule has 1 N–H and O–H groups in total. The van der Waals surface area contributed by atoms with Gasteiger partial charge in [-0.05, 0) is 0 Å². The van der Waals surface area contributed by atoms with Crippen LogP contribution < -0.4 is 10.1 Å². The lowest BCUT2D eigenvalue weighted by atomic mass is 10.4. The SMILES string of the molecule is Clc1ncnc2c1NCCO2. The summed E-state index contributed by atoms with van der Waals surface area (Å²) in [5.74, 6) is 0.538. The van der Waals surface area contributed by atoms with Crippen LogP contribution in [0.15, 0.2) is 6.33 Å². The second-order valence-corrected chi connectivity index (χ2v) is 2.48. The summed E-state index contributed by atoms with van der Waals surface area (Å²) in [5, 5.41) is 3.46. The Bertz CT molecular complexity index is 279. The summed E-state index contributed by atoms with van der Waals surface area (Å²) in [6, 6.07) is 0. The van der Waals surface area contributed by atoms with Gasteiger partial charge in [0.2, 0.25) is 5.88 Å². The van der Waals surface area contributed by atoms with Crippen molar-refractivity contribution in [2.45, 2.75) is 0 Å². The molecule has 0 aliphatic carbocycles. The highest BCUT2D eigenvalue weighted by atomic mass is 35.5. The predicted molar refractivity (Wildman–Crippen MR) is 41.0 cm³/mol. The van der Waals surface area contributed by atoms with Gasteiger partial charge in [-0.15, -0.1) is 0 Å². The standard InChI is InChI=1S/C6H6ClN3O/c7-5-4-6(10-3-9-5)11-2-1-8-4/h3,8H,1-2H2. The monoisotopic (exact) mass is 171 g/mol. The summed E-state index contributed by atoms with van der Waals surface area (Å²) in [6.07, 6.45) is 1.38. The summed E-state index contributed by atoms with van der Waals surface area (Å²) >= 11 is 5.75. The van der Waals surface area contributed by atoms with Gasteiger partial charge in [0, 0.05) is 6.54 Å². The number of fused-ring (bicyclic) bond motifs is 1. The molecular formula is C6H6ClN3O. The number of hydrogen-bond donors (Lipinski definition) is 1. The van der Waals surface area contributed by atoms with Crippen molar-refractivity contribution >= 4 is 17.3 Å². The van der Waals surface area contributed by atoms with Gasteiger partial charge >= 0.3 is 0 Å². The van der Waals surface area contributed by atoms with Crippen LogP contribution in [0.2, 0.25) is 5.15 Å². The van der Waals surface area contributed by atoms with Gasteiger partial charge in [0.1, 0.15) is 18.6 Å². The van der Waals surface area contributed by atoms with E-state index in [9.17, 15) is 0 Å². The lowest BCUT2D eigenvalue weighted by Crippen LogP contribution is -2.19. The van der Waals surface area contributed by atoms with Crippen LogP contribution in [0.1, 0.15) is 0 Å². The van der Waals surface area contributed by atoms with Crippen LogP contribution in [-0.2, 0) is 0 Å². The molecule has 0 unspecified atom stereocenters. The maximum atomic E-state index is 5.75. The summed E-state index contributed by atoms with van der Waals surface area (Å²) in [4.78, 5) is 7.70. The molecule has 0 bridgehead atoms. The maximum absolute atomic E-state index is 5.75. The van der Waals surface area contributed by atoms with Crippen LogP contribution in [0.5, 0.6) is 5.88 Å². The number of hydrogen-bond acceptors (Lipinski definition) is 4. The van der Waals surface area contributed by atoms with E-state index in [1.54, 1.807) is 0 Å². The van der Waals surface area contributed by atoms with Gasteiger partial charge in [0.05, 0.1) is 0 Å². The Morgan fingerprint density at radius 2 is 2.45 bits per heavy atom. The first-order valence-corrected chi connectivity index (χ1v) is 3.63. The minimum absolute atomic E-state index is 0.412. The van der Waals surface area contributed by atoms with Gasteiger partial charge in [0.25, 0.3) is 0 Å². The molecule has 4 nitrogen and oxygen atoms in total. The smallest absolute Gasteiger partial charge is 0.242 e. The molecule has 0 amide bonds. The highest BCUT2D eigenvalue weighted by Gasteiger charge is 2.14. The van der Waals surface area contributed by atoms with Crippen LogP contribution in [0, 0.1) is 0 Å². The maximum Gasteiger partial charge on any atom is 0.242 e. The van der Waals surface area contributed by atoms with Crippen molar-refractivity contribution in [3.05, 3.63) is 11.5 Å². The van der Waals surface area contributed by atoms with Crippen molar-refractivity contribution in [3.8, 4) is 5.88 Å². The zero-order chi connectivity index (χ0) is 7.68. The number of halogens is 1. The molecule has 0 aromatic carbocycles. The van der Waals surface area contributed by atoms with E-state index < -0.39 is 0 Å². The molecule has 0 saturated carbocycles. The van der Waals surface area contributed by atoms with Crippen LogP contribution in [-0.4, -0.2) is 23.1 Å². The Balaban J connectivity index is 2.49. The van der Waals surface area contributed by atoms with Crippen molar-refractivity contribution in [1.82, 2.24) is 9.97 Å². The van der Waals surface area contributed by atoms with Crippen LogP contribution in [0.25, 0.3) is 0 Å². The van der Waals surface area contributed by atoms with Crippen LogP contribution >= 0.6 is 11.6 Å². The van der Waals surface area contributed by atoms with Crippen molar-refractivity contribution in [3.63, 3.8) is 0 Å². The third-order valence-corrected chi connectivity index (χ3v) is 1.70. The molecule has 0 saturated heterocycles. The zero-order valence-electron chi connectivity index (χ0n) is 5.67. The number of nitrogens with one attached hydrogen (secondary N) is 1. The molecule has 0 radical (unpaired) electrons.